The Labute approximate surface area is 81.8 Å². The zero-order valence-corrected chi connectivity index (χ0v) is 9.14. The normalized spacial score (nSPS) is 36.2. The zero-order chi connectivity index (χ0) is 9.42. The first-order valence-corrected chi connectivity index (χ1v) is 5.57. The maximum atomic E-state index is 2.69. The first-order valence-electron chi connectivity index (χ1n) is 5.57. The Morgan fingerprint density at radius 2 is 2.00 bits per heavy atom. The van der Waals surface area contributed by atoms with Crippen molar-refractivity contribution in [2.45, 2.75) is 46.1 Å². The van der Waals surface area contributed by atoms with Crippen molar-refractivity contribution in [2.24, 2.45) is 5.92 Å². The summed E-state index contributed by atoms with van der Waals surface area (Å²) in [5.74, 6) is 0.875. The van der Waals surface area contributed by atoms with Crippen molar-refractivity contribution >= 4 is 0 Å². The molecule has 2 atom stereocenters. The molecule has 13 heavy (non-hydrogen) atoms. The third-order valence-corrected chi connectivity index (χ3v) is 3.87. The van der Waals surface area contributed by atoms with E-state index in [9.17, 15) is 0 Å². The van der Waals surface area contributed by atoms with Crippen LogP contribution in [-0.2, 0) is 0 Å². The molecule has 0 bridgehead atoms. The summed E-state index contributed by atoms with van der Waals surface area (Å²) in [6, 6.07) is 0.882. The van der Waals surface area contributed by atoms with Crippen molar-refractivity contribution in [3.63, 3.8) is 0 Å². The standard InChI is InChI=1S/C12H21N/c1-9-7-10(2)12-5-4-6-13(12)8-11(9)3/h10,12H,4-8H2,1-3H3. The summed E-state index contributed by atoms with van der Waals surface area (Å²) in [5.41, 5.74) is 3.26. The van der Waals surface area contributed by atoms with Crippen molar-refractivity contribution in [3.05, 3.63) is 11.1 Å². The van der Waals surface area contributed by atoms with E-state index in [0.717, 1.165) is 12.0 Å². The maximum Gasteiger partial charge on any atom is 0.0195 e. The van der Waals surface area contributed by atoms with Gasteiger partial charge < -0.3 is 0 Å². The Kier molecular flexibility index (Phi) is 2.46. The van der Waals surface area contributed by atoms with E-state index < -0.39 is 0 Å². The monoisotopic (exact) mass is 179 g/mol. The lowest BCUT2D eigenvalue weighted by molar-refractivity contribution is 0.221. The van der Waals surface area contributed by atoms with E-state index in [0.29, 0.717) is 0 Å². The Balaban J connectivity index is 2.19. The quantitative estimate of drug-likeness (QED) is 0.517. The fourth-order valence-corrected chi connectivity index (χ4v) is 2.93. The van der Waals surface area contributed by atoms with Crippen LogP contribution in [0.3, 0.4) is 0 Å². The number of fused-ring (bicyclic) bond motifs is 1. The lowest BCUT2D eigenvalue weighted by Crippen LogP contribution is -2.33. The maximum absolute atomic E-state index is 2.69. The summed E-state index contributed by atoms with van der Waals surface area (Å²) >= 11 is 0. The second-order valence-electron chi connectivity index (χ2n) is 4.92. The van der Waals surface area contributed by atoms with E-state index in [4.69, 9.17) is 0 Å². The molecule has 0 radical (unpaired) electrons. The topological polar surface area (TPSA) is 3.24 Å². The second kappa shape index (κ2) is 3.45. The third-order valence-electron chi connectivity index (χ3n) is 3.87. The minimum Gasteiger partial charge on any atom is -0.296 e. The van der Waals surface area contributed by atoms with Gasteiger partial charge in [0.2, 0.25) is 0 Å². The predicted octanol–water partition coefficient (Wildman–Crippen LogP) is 2.83. The van der Waals surface area contributed by atoms with Gasteiger partial charge in [-0.3, -0.25) is 4.90 Å². The van der Waals surface area contributed by atoms with Gasteiger partial charge in [-0.15, -0.1) is 0 Å². The molecule has 0 N–H and O–H groups in total. The molecule has 0 saturated carbocycles. The molecular formula is C12H21N. The minimum atomic E-state index is 0.875. The number of hydrogen-bond donors (Lipinski definition) is 0. The molecular weight excluding hydrogens is 158 g/mol. The van der Waals surface area contributed by atoms with Crippen molar-refractivity contribution in [1.29, 1.82) is 0 Å². The fraction of sp³-hybridized carbons (Fsp3) is 0.833. The minimum absolute atomic E-state index is 0.875. The van der Waals surface area contributed by atoms with Crippen LogP contribution in [-0.4, -0.2) is 24.0 Å². The van der Waals surface area contributed by atoms with E-state index in [1.807, 2.05) is 0 Å². The third kappa shape index (κ3) is 1.67. The van der Waals surface area contributed by atoms with Gasteiger partial charge >= 0.3 is 0 Å². The molecule has 0 aromatic heterocycles. The molecule has 74 valence electrons. The van der Waals surface area contributed by atoms with Crippen LogP contribution in [0.1, 0.15) is 40.0 Å². The van der Waals surface area contributed by atoms with Crippen molar-refractivity contribution in [3.8, 4) is 0 Å². The van der Waals surface area contributed by atoms with E-state index in [1.165, 1.54) is 32.4 Å². The van der Waals surface area contributed by atoms with Crippen LogP contribution >= 0.6 is 0 Å². The fourth-order valence-electron chi connectivity index (χ4n) is 2.93. The van der Waals surface area contributed by atoms with Gasteiger partial charge in [-0.25, -0.2) is 0 Å². The number of hydrogen-bond acceptors (Lipinski definition) is 1. The molecule has 1 heteroatoms. The van der Waals surface area contributed by atoms with Crippen LogP contribution in [0, 0.1) is 5.92 Å². The highest BCUT2D eigenvalue weighted by Gasteiger charge is 2.31. The second-order valence-corrected chi connectivity index (χ2v) is 4.92. The molecule has 0 spiro atoms. The molecule has 2 unspecified atom stereocenters. The molecule has 2 heterocycles. The van der Waals surface area contributed by atoms with Gasteiger partial charge in [-0.1, -0.05) is 18.1 Å². The van der Waals surface area contributed by atoms with Gasteiger partial charge in [0.05, 0.1) is 0 Å². The van der Waals surface area contributed by atoms with E-state index in [2.05, 4.69) is 25.7 Å². The molecule has 2 rings (SSSR count). The van der Waals surface area contributed by atoms with Crippen LogP contribution in [0.2, 0.25) is 0 Å². The van der Waals surface area contributed by atoms with Crippen LogP contribution in [0.5, 0.6) is 0 Å². The zero-order valence-electron chi connectivity index (χ0n) is 9.14. The van der Waals surface area contributed by atoms with E-state index in [1.54, 1.807) is 11.1 Å². The first-order chi connectivity index (χ1) is 6.18. The van der Waals surface area contributed by atoms with Gasteiger partial charge in [-0.2, -0.15) is 0 Å². The molecule has 0 aliphatic carbocycles. The summed E-state index contributed by atoms with van der Waals surface area (Å²) < 4.78 is 0. The average Bonchev–Trinajstić information content (AvgIpc) is 2.48. The van der Waals surface area contributed by atoms with Gasteiger partial charge in [0.1, 0.15) is 0 Å². The summed E-state index contributed by atoms with van der Waals surface area (Å²) in [7, 11) is 0. The van der Waals surface area contributed by atoms with E-state index in [-0.39, 0.29) is 0 Å². The van der Waals surface area contributed by atoms with Crippen LogP contribution < -0.4 is 0 Å². The highest BCUT2D eigenvalue weighted by Crippen LogP contribution is 2.32. The molecule has 2 aliphatic heterocycles. The van der Waals surface area contributed by atoms with Crippen LogP contribution in [0.4, 0.5) is 0 Å². The molecule has 0 aromatic carbocycles. The lowest BCUT2D eigenvalue weighted by atomic mass is 9.93. The molecule has 1 saturated heterocycles. The lowest BCUT2D eigenvalue weighted by Gasteiger charge is -2.26. The molecule has 0 amide bonds. The predicted molar refractivity (Wildman–Crippen MR) is 56.8 cm³/mol. The summed E-state index contributed by atoms with van der Waals surface area (Å²) in [6.07, 6.45) is 4.18. The Hall–Kier alpha value is -0.300. The number of allylic oxidation sites excluding steroid dienone is 1. The SMILES string of the molecule is CC1=C(C)CN2CCCC2C(C)C1. The van der Waals surface area contributed by atoms with Gasteiger partial charge in [-0.05, 0) is 45.6 Å². The Morgan fingerprint density at radius 3 is 2.77 bits per heavy atom. The Bertz CT molecular complexity index is 229. The number of nitrogens with zero attached hydrogens (tertiary/aromatic N) is 1. The van der Waals surface area contributed by atoms with Gasteiger partial charge in [0, 0.05) is 12.6 Å². The molecule has 1 fully saturated rings. The largest absolute Gasteiger partial charge is 0.296 e. The summed E-state index contributed by atoms with van der Waals surface area (Å²) in [4.78, 5) is 2.69. The Morgan fingerprint density at radius 1 is 1.23 bits per heavy atom. The highest BCUT2D eigenvalue weighted by molar-refractivity contribution is 5.15. The highest BCUT2D eigenvalue weighted by atomic mass is 15.2. The molecule has 1 nitrogen and oxygen atoms in total. The van der Waals surface area contributed by atoms with Crippen molar-refractivity contribution in [1.82, 2.24) is 4.90 Å². The molecule has 2 aliphatic rings. The summed E-state index contributed by atoms with van der Waals surface area (Å²) in [5, 5.41) is 0. The summed E-state index contributed by atoms with van der Waals surface area (Å²) in [6.45, 7) is 9.61. The van der Waals surface area contributed by atoms with Gasteiger partial charge in [0.15, 0.2) is 0 Å². The van der Waals surface area contributed by atoms with Crippen LogP contribution in [0.15, 0.2) is 11.1 Å². The van der Waals surface area contributed by atoms with E-state index >= 15 is 0 Å². The van der Waals surface area contributed by atoms with Gasteiger partial charge in [0.25, 0.3) is 0 Å². The smallest absolute Gasteiger partial charge is 0.0195 e. The number of rotatable bonds is 0. The van der Waals surface area contributed by atoms with Crippen molar-refractivity contribution in [2.75, 3.05) is 13.1 Å². The van der Waals surface area contributed by atoms with Crippen molar-refractivity contribution < 1.29 is 0 Å². The first kappa shape index (κ1) is 9.26. The van der Waals surface area contributed by atoms with Crippen LogP contribution in [0.25, 0.3) is 0 Å². The molecule has 0 aromatic rings. The average molecular weight is 179 g/mol.